The molecule has 1 aromatic heterocycles. The minimum Gasteiger partial charge on any atom is -0.398 e. The van der Waals surface area contributed by atoms with Crippen molar-refractivity contribution >= 4 is 5.69 Å². The maximum Gasteiger partial charge on any atom is 0.141 e. The SMILES string of the molecule is C[C@@H](c1cccc(-c2ccnc(C#N)c2)c1N)C1CC1. The van der Waals surface area contributed by atoms with E-state index in [-0.39, 0.29) is 0 Å². The molecule has 2 aromatic rings. The monoisotopic (exact) mass is 263 g/mol. The standard InChI is InChI=1S/C17H17N3/c1-11(12-5-6-12)15-3-2-4-16(17(15)19)13-7-8-20-14(9-13)10-18/h2-4,7-9,11-12H,5-6,19H2,1H3/t11-/m1/s1. The molecule has 20 heavy (non-hydrogen) atoms. The number of pyridine rings is 1. The summed E-state index contributed by atoms with van der Waals surface area (Å²) in [4.78, 5) is 4.01. The van der Waals surface area contributed by atoms with Gasteiger partial charge in [0.25, 0.3) is 0 Å². The molecule has 3 rings (SSSR count). The first-order valence-corrected chi connectivity index (χ1v) is 6.95. The van der Waals surface area contributed by atoms with Crippen molar-refractivity contribution in [2.75, 3.05) is 5.73 Å². The van der Waals surface area contributed by atoms with E-state index in [2.05, 4.69) is 24.0 Å². The van der Waals surface area contributed by atoms with E-state index in [0.29, 0.717) is 11.6 Å². The lowest BCUT2D eigenvalue weighted by molar-refractivity contribution is 0.666. The Labute approximate surface area is 119 Å². The van der Waals surface area contributed by atoms with Crippen LogP contribution in [0.4, 0.5) is 5.69 Å². The average molecular weight is 263 g/mol. The quantitative estimate of drug-likeness (QED) is 0.858. The fraction of sp³-hybridized carbons (Fsp3) is 0.294. The number of benzene rings is 1. The number of hydrogen-bond acceptors (Lipinski definition) is 3. The van der Waals surface area contributed by atoms with Crippen LogP contribution in [0.25, 0.3) is 11.1 Å². The third-order valence-electron chi connectivity index (χ3n) is 4.15. The molecule has 0 unspecified atom stereocenters. The predicted molar refractivity (Wildman–Crippen MR) is 79.9 cm³/mol. The first-order valence-electron chi connectivity index (χ1n) is 6.95. The van der Waals surface area contributed by atoms with Crippen LogP contribution in [0.15, 0.2) is 36.5 Å². The molecular weight excluding hydrogens is 246 g/mol. The van der Waals surface area contributed by atoms with Gasteiger partial charge in [0.2, 0.25) is 0 Å². The van der Waals surface area contributed by atoms with E-state index in [1.54, 1.807) is 12.3 Å². The van der Waals surface area contributed by atoms with Gasteiger partial charge in [-0.3, -0.25) is 0 Å². The molecule has 0 aliphatic heterocycles. The second kappa shape index (κ2) is 4.97. The molecule has 100 valence electrons. The van der Waals surface area contributed by atoms with Gasteiger partial charge in [-0.2, -0.15) is 5.26 Å². The molecule has 1 aromatic carbocycles. The zero-order valence-corrected chi connectivity index (χ0v) is 11.5. The van der Waals surface area contributed by atoms with Gasteiger partial charge in [-0.15, -0.1) is 0 Å². The summed E-state index contributed by atoms with van der Waals surface area (Å²) in [6, 6.07) is 11.9. The third-order valence-corrected chi connectivity index (χ3v) is 4.15. The van der Waals surface area contributed by atoms with Gasteiger partial charge in [0.1, 0.15) is 11.8 Å². The lowest BCUT2D eigenvalue weighted by Gasteiger charge is -2.16. The number of para-hydroxylation sites is 1. The summed E-state index contributed by atoms with van der Waals surface area (Å²) in [6.07, 6.45) is 4.27. The molecule has 1 saturated carbocycles. The first kappa shape index (κ1) is 12.7. The molecule has 1 heterocycles. The summed E-state index contributed by atoms with van der Waals surface area (Å²) in [5.41, 5.74) is 10.8. The Morgan fingerprint density at radius 1 is 1.35 bits per heavy atom. The fourth-order valence-electron chi connectivity index (χ4n) is 2.74. The number of anilines is 1. The van der Waals surface area contributed by atoms with Crippen LogP contribution in [0.1, 0.15) is 36.9 Å². The van der Waals surface area contributed by atoms with E-state index < -0.39 is 0 Å². The van der Waals surface area contributed by atoms with Gasteiger partial charge in [0, 0.05) is 17.4 Å². The summed E-state index contributed by atoms with van der Waals surface area (Å²) < 4.78 is 0. The lowest BCUT2D eigenvalue weighted by atomic mass is 9.91. The van der Waals surface area contributed by atoms with Crippen LogP contribution in [0.2, 0.25) is 0 Å². The molecule has 0 saturated heterocycles. The van der Waals surface area contributed by atoms with Gasteiger partial charge in [0.05, 0.1) is 0 Å². The van der Waals surface area contributed by atoms with Crippen molar-refractivity contribution in [1.29, 1.82) is 5.26 Å². The van der Waals surface area contributed by atoms with Crippen LogP contribution in [-0.4, -0.2) is 4.98 Å². The maximum atomic E-state index is 8.96. The molecule has 1 aliphatic carbocycles. The van der Waals surface area contributed by atoms with Crippen LogP contribution in [0.5, 0.6) is 0 Å². The number of nitrogens with zero attached hydrogens (tertiary/aromatic N) is 2. The molecule has 0 amide bonds. The summed E-state index contributed by atoms with van der Waals surface area (Å²) >= 11 is 0. The highest BCUT2D eigenvalue weighted by Gasteiger charge is 2.30. The summed E-state index contributed by atoms with van der Waals surface area (Å²) in [5, 5.41) is 8.96. The van der Waals surface area contributed by atoms with Crippen molar-refractivity contribution < 1.29 is 0 Å². The van der Waals surface area contributed by atoms with E-state index in [9.17, 15) is 0 Å². The number of nitrogen functional groups attached to an aromatic ring is 1. The zero-order chi connectivity index (χ0) is 14.1. The van der Waals surface area contributed by atoms with Crippen molar-refractivity contribution in [2.24, 2.45) is 5.92 Å². The minimum absolute atomic E-state index is 0.419. The highest BCUT2D eigenvalue weighted by Crippen LogP contribution is 2.45. The molecule has 1 fully saturated rings. The second-order valence-electron chi connectivity index (χ2n) is 5.48. The van der Waals surface area contributed by atoms with Crippen molar-refractivity contribution in [2.45, 2.75) is 25.7 Å². The number of nitrogens with two attached hydrogens (primary N) is 1. The Morgan fingerprint density at radius 2 is 2.15 bits per heavy atom. The Kier molecular flexibility index (Phi) is 3.15. The van der Waals surface area contributed by atoms with E-state index in [4.69, 9.17) is 11.0 Å². The van der Waals surface area contributed by atoms with Gasteiger partial charge < -0.3 is 5.73 Å². The molecule has 0 spiro atoms. The summed E-state index contributed by atoms with van der Waals surface area (Å²) in [7, 11) is 0. The van der Waals surface area contributed by atoms with Crippen molar-refractivity contribution in [3.05, 3.63) is 47.8 Å². The first-order chi connectivity index (χ1) is 9.70. The largest absolute Gasteiger partial charge is 0.398 e. The maximum absolute atomic E-state index is 8.96. The molecule has 0 bridgehead atoms. The number of nitriles is 1. The molecule has 1 atom stereocenters. The van der Waals surface area contributed by atoms with Gasteiger partial charge >= 0.3 is 0 Å². The number of rotatable bonds is 3. The molecule has 1 aliphatic rings. The Balaban J connectivity index is 2.05. The van der Waals surface area contributed by atoms with Crippen LogP contribution in [0.3, 0.4) is 0 Å². The van der Waals surface area contributed by atoms with Gasteiger partial charge in [0.15, 0.2) is 0 Å². The molecular formula is C17H17N3. The minimum atomic E-state index is 0.419. The van der Waals surface area contributed by atoms with Crippen molar-refractivity contribution in [3.63, 3.8) is 0 Å². The lowest BCUT2D eigenvalue weighted by Crippen LogP contribution is -2.03. The van der Waals surface area contributed by atoms with Crippen LogP contribution in [-0.2, 0) is 0 Å². The Bertz CT molecular complexity index is 681. The molecule has 2 N–H and O–H groups in total. The van der Waals surface area contributed by atoms with E-state index in [1.165, 1.54) is 18.4 Å². The highest BCUT2D eigenvalue weighted by molar-refractivity contribution is 5.79. The van der Waals surface area contributed by atoms with Crippen LogP contribution < -0.4 is 5.73 Å². The van der Waals surface area contributed by atoms with Crippen molar-refractivity contribution in [3.8, 4) is 17.2 Å². The molecule has 3 heteroatoms. The van der Waals surface area contributed by atoms with E-state index in [1.807, 2.05) is 18.2 Å². The fourth-order valence-corrected chi connectivity index (χ4v) is 2.74. The van der Waals surface area contributed by atoms with Crippen LogP contribution >= 0.6 is 0 Å². The van der Waals surface area contributed by atoms with E-state index in [0.717, 1.165) is 22.7 Å². The predicted octanol–water partition coefficient (Wildman–Crippen LogP) is 3.72. The summed E-state index contributed by atoms with van der Waals surface area (Å²) in [6.45, 7) is 2.25. The molecule has 0 radical (unpaired) electrons. The average Bonchev–Trinajstić information content (AvgIpc) is 3.31. The summed E-state index contributed by atoms with van der Waals surface area (Å²) in [5.74, 6) is 1.28. The number of aromatic nitrogens is 1. The third kappa shape index (κ3) is 2.25. The van der Waals surface area contributed by atoms with Gasteiger partial charge in [-0.05, 0) is 47.9 Å². The zero-order valence-electron chi connectivity index (χ0n) is 11.5. The Morgan fingerprint density at radius 3 is 2.85 bits per heavy atom. The second-order valence-corrected chi connectivity index (χ2v) is 5.48. The Hall–Kier alpha value is -2.34. The normalized spacial score (nSPS) is 15.6. The van der Waals surface area contributed by atoms with E-state index >= 15 is 0 Å². The topological polar surface area (TPSA) is 62.7 Å². The smallest absolute Gasteiger partial charge is 0.141 e. The van der Waals surface area contributed by atoms with Crippen molar-refractivity contribution in [1.82, 2.24) is 4.98 Å². The molecule has 3 nitrogen and oxygen atoms in total. The van der Waals surface area contributed by atoms with Gasteiger partial charge in [-0.1, -0.05) is 25.1 Å². The number of hydrogen-bond donors (Lipinski definition) is 1. The highest BCUT2D eigenvalue weighted by atomic mass is 14.7. The van der Waals surface area contributed by atoms with Gasteiger partial charge in [-0.25, -0.2) is 4.98 Å². The van der Waals surface area contributed by atoms with Crippen LogP contribution in [0, 0.1) is 17.2 Å².